The van der Waals surface area contributed by atoms with Crippen molar-refractivity contribution >= 4 is 5.71 Å². The molecule has 0 aliphatic carbocycles. The van der Waals surface area contributed by atoms with E-state index in [1.807, 2.05) is 80.6 Å². The number of oxime groups is 1. The van der Waals surface area contributed by atoms with Gasteiger partial charge in [-0.3, -0.25) is 0 Å². The molecule has 8 heteroatoms. The van der Waals surface area contributed by atoms with E-state index in [0.717, 1.165) is 39.3 Å². The number of benzene rings is 3. The molecule has 0 bridgehead atoms. The quantitative estimate of drug-likeness (QED) is 0.322. The molecule has 0 amide bonds. The van der Waals surface area contributed by atoms with Crippen molar-refractivity contribution in [2.45, 2.75) is 20.5 Å². The summed E-state index contributed by atoms with van der Waals surface area (Å²) in [5, 5.41) is 12.0. The summed E-state index contributed by atoms with van der Waals surface area (Å²) in [4.78, 5) is 17.5. The van der Waals surface area contributed by atoms with Crippen LogP contribution in [0.4, 0.5) is 0 Å². The van der Waals surface area contributed by atoms with E-state index in [1.165, 1.54) is 16.5 Å². The van der Waals surface area contributed by atoms with Crippen molar-refractivity contribution in [1.82, 2.24) is 19.8 Å². The Hall–Kier alpha value is -4.20. The lowest BCUT2D eigenvalue weighted by Gasteiger charge is -2.15. The predicted octanol–water partition coefficient (Wildman–Crippen LogP) is 3.56. The fourth-order valence-corrected chi connectivity index (χ4v) is 3.61. The fraction of sp³-hybridized carbons (Fsp3) is 0.200. The molecule has 0 saturated heterocycles. The molecule has 0 N–H and O–H groups in total. The summed E-state index contributed by atoms with van der Waals surface area (Å²) in [7, 11) is 3.11. The van der Waals surface area contributed by atoms with Gasteiger partial charge in [0.05, 0.1) is 5.69 Å². The van der Waals surface area contributed by atoms with Gasteiger partial charge in [-0.15, -0.1) is 0 Å². The molecule has 0 aliphatic rings. The van der Waals surface area contributed by atoms with E-state index in [9.17, 15) is 4.79 Å². The van der Waals surface area contributed by atoms with E-state index in [1.54, 1.807) is 7.05 Å². The van der Waals surface area contributed by atoms with Crippen LogP contribution in [0.5, 0.6) is 5.75 Å². The highest BCUT2D eigenvalue weighted by atomic mass is 16.6. The first kappa shape index (κ1) is 22.0. The van der Waals surface area contributed by atoms with Crippen LogP contribution in [0, 0.1) is 13.8 Å². The normalized spacial score (nSPS) is 11.5. The Balaban J connectivity index is 1.61. The number of hydrogen-bond acceptors (Lipinski definition) is 6. The molecule has 0 atom stereocenters. The average molecular weight is 444 g/mol. The molecule has 0 aliphatic heterocycles. The van der Waals surface area contributed by atoms with Crippen LogP contribution in [0.15, 0.2) is 76.7 Å². The van der Waals surface area contributed by atoms with Gasteiger partial charge in [-0.25, -0.2) is 4.79 Å². The number of aromatic nitrogens is 4. The molecule has 0 radical (unpaired) electrons. The number of rotatable bonds is 7. The van der Waals surface area contributed by atoms with Crippen LogP contribution < -0.4 is 10.4 Å². The molecule has 3 aromatic carbocycles. The second-order valence-corrected chi connectivity index (χ2v) is 7.63. The summed E-state index contributed by atoms with van der Waals surface area (Å²) >= 11 is 0. The molecular formula is C25H25N5O3. The molecule has 4 aromatic rings. The number of aryl methyl sites for hydroxylation is 3. The van der Waals surface area contributed by atoms with Crippen molar-refractivity contribution in [3.05, 3.63) is 105 Å². The molecule has 33 heavy (non-hydrogen) atoms. The molecule has 4 rings (SSSR count). The Labute approximate surface area is 191 Å². The van der Waals surface area contributed by atoms with Gasteiger partial charge in [-0.05, 0) is 59.7 Å². The lowest BCUT2D eigenvalue weighted by Crippen LogP contribution is -2.23. The van der Waals surface area contributed by atoms with Gasteiger partial charge < -0.3 is 9.57 Å². The van der Waals surface area contributed by atoms with Gasteiger partial charge >= 0.3 is 5.69 Å². The summed E-state index contributed by atoms with van der Waals surface area (Å²) in [5.74, 6) is 0.740. The lowest BCUT2D eigenvalue weighted by molar-refractivity contribution is 0.214. The Morgan fingerprint density at radius 3 is 2.39 bits per heavy atom. The van der Waals surface area contributed by atoms with E-state index < -0.39 is 0 Å². The van der Waals surface area contributed by atoms with Gasteiger partial charge in [-0.2, -0.15) is 9.36 Å². The SMILES string of the molecule is CON=C(c1ccccc1)c1ccc(OCc2c(C)cccc2-n2nnn(C)c2=O)c(C)c1. The van der Waals surface area contributed by atoms with Crippen LogP contribution >= 0.6 is 0 Å². The third-order valence-corrected chi connectivity index (χ3v) is 5.39. The zero-order chi connectivity index (χ0) is 23.4. The zero-order valence-electron chi connectivity index (χ0n) is 19.0. The van der Waals surface area contributed by atoms with Gasteiger partial charge in [0.15, 0.2) is 0 Å². The van der Waals surface area contributed by atoms with E-state index in [-0.39, 0.29) is 12.3 Å². The average Bonchev–Trinajstić information content (AvgIpc) is 3.16. The fourth-order valence-electron chi connectivity index (χ4n) is 3.61. The summed E-state index contributed by atoms with van der Waals surface area (Å²) in [6.07, 6.45) is 0. The van der Waals surface area contributed by atoms with Gasteiger partial charge in [0, 0.05) is 23.7 Å². The van der Waals surface area contributed by atoms with Crippen LogP contribution in [0.2, 0.25) is 0 Å². The minimum Gasteiger partial charge on any atom is -0.489 e. The lowest BCUT2D eigenvalue weighted by atomic mass is 10.0. The molecule has 0 fully saturated rings. The number of hydrogen-bond donors (Lipinski definition) is 0. The van der Waals surface area contributed by atoms with E-state index in [0.29, 0.717) is 5.69 Å². The van der Waals surface area contributed by atoms with E-state index >= 15 is 0 Å². The summed E-state index contributed by atoms with van der Waals surface area (Å²) in [5.41, 5.74) is 5.80. The summed E-state index contributed by atoms with van der Waals surface area (Å²) < 4.78 is 8.65. The second kappa shape index (κ2) is 9.52. The Kier molecular flexibility index (Phi) is 6.35. The van der Waals surface area contributed by atoms with Crippen molar-refractivity contribution in [3.8, 4) is 11.4 Å². The Morgan fingerprint density at radius 2 is 1.73 bits per heavy atom. The molecular weight excluding hydrogens is 418 g/mol. The number of ether oxygens (including phenoxy) is 1. The molecule has 0 unspecified atom stereocenters. The Morgan fingerprint density at radius 1 is 0.939 bits per heavy atom. The first-order valence-corrected chi connectivity index (χ1v) is 10.5. The molecule has 0 saturated carbocycles. The van der Waals surface area contributed by atoms with Crippen LogP contribution in [0.25, 0.3) is 5.69 Å². The molecule has 168 valence electrons. The second-order valence-electron chi connectivity index (χ2n) is 7.63. The minimum atomic E-state index is -0.312. The standard InChI is InChI=1S/C25H25N5O3/c1-17-9-8-12-22(30-25(31)29(3)27-28-30)21(17)16-33-23-14-13-20(15-18(23)2)24(26-32-4)19-10-6-5-7-11-19/h5-15H,16H2,1-4H3. The topological polar surface area (TPSA) is 83.5 Å². The highest BCUT2D eigenvalue weighted by Gasteiger charge is 2.15. The first-order chi connectivity index (χ1) is 16.0. The highest BCUT2D eigenvalue weighted by Crippen LogP contribution is 2.25. The third kappa shape index (κ3) is 4.55. The first-order valence-electron chi connectivity index (χ1n) is 10.5. The summed E-state index contributed by atoms with van der Waals surface area (Å²) in [6, 6.07) is 21.5. The van der Waals surface area contributed by atoms with E-state index in [4.69, 9.17) is 9.57 Å². The largest absolute Gasteiger partial charge is 0.489 e. The third-order valence-electron chi connectivity index (χ3n) is 5.39. The Bertz CT molecular complexity index is 1360. The molecule has 1 aromatic heterocycles. The number of nitrogens with zero attached hydrogens (tertiary/aromatic N) is 5. The van der Waals surface area contributed by atoms with Gasteiger partial charge in [-0.1, -0.05) is 47.6 Å². The molecule has 8 nitrogen and oxygen atoms in total. The van der Waals surface area contributed by atoms with Crippen molar-refractivity contribution in [3.63, 3.8) is 0 Å². The zero-order valence-corrected chi connectivity index (χ0v) is 19.0. The van der Waals surface area contributed by atoms with Crippen molar-refractivity contribution in [2.75, 3.05) is 7.11 Å². The van der Waals surface area contributed by atoms with Crippen molar-refractivity contribution in [2.24, 2.45) is 12.2 Å². The van der Waals surface area contributed by atoms with Crippen molar-refractivity contribution in [1.29, 1.82) is 0 Å². The van der Waals surface area contributed by atoms with Gasteiger partial charge in [0.25, 0.3) is 0 Å². The molecule has 0 spiro atoms. The highest BCUT2D eigenvalue weighted by molar-refractivity contribution is 6.12. The maximum atomic E-state index is 12.4. The maximum absolute atomic E-state index is 12.4. The van der Waals surface area contributed by atoms with Gasteiger partial charge in [0.2, 0.25) is 0 Å². The van der Waals surface area contributed by atoms with Crippen LogP contribution in [0.1, 0.15) is 27.8 Å². The van der Waals surface area contributed by atoms with Crippen LogP contribution in [0.3, 0.4) is 0 Å². The van der Waals surface area contributed by atoms with Crippen molar-refractivity contribution < 1.29 is 9.57 Å². The maximum Gasteiger partial charge on any atom is 0.368 e. The smallest absolute Gasteiger partial charge is 0.368 e. The summed E-state index contributed by atoms with van der Waals surface area (Å²) in [6.45, 7) is 4.25. The predicted molar refractivity (Wildman–Crippen MR) is 126 cm³/mol. The monoisotopic (exact) mass is 443 g/mol. The van der Waals surface area contributed by atoms with E-state index in [2.05, 4.69) is 15.6 Å². The van der Waals surface area contributed by atoms with Crippen LogP contribution in [-0.2, 0) is 18.5 Å². The minimum absolute atomic E-state index is 0.281. The number of tetrazole rings is 1. The van der Waals surface area contributed by atoms with Gasteiger partial charge in [0.1, 0.15) is 25.2 Å². The van der Waals surface area contributed by atoms with Crippen LogP contribution in [-0.4, -0.2) is 32.6 Å². The molecule has 1 heterocycles.